The minimum atomic E-state index is 0.116. The number of hydrogen-bond acceptors (Lipinski definition) is 3. The van der Waals surface area contributed by atoms with Crippen molar-refractivity contribution in [3.8, 4) is 0 Å². The Labute approximate surface area is 160 Å². The van der Waals surface area contributed by atoms with E-state index in [-0.39, 0.29) is 11.8 Å². The van der Waals surface area contributed by atoms with Gasteiger partial charge < -0.3 is 9.88 Å². The van der Waals surface area contributed by atoms with Crippen LogP contribution in [0.15, 0.2) is 54.6 Å². The van der Waals surface area contributed by atoms with E-state index < -0.39 is 0 Å². The van der Waals surface area contributed by atoms with E-state index in [4.69, 9.17) is 4.98 Å². The lowest BCUT2D eigenvalue weighted by molar-refractivity contribution is -0.126. The average Bonchev–Trinajstić information content (AvgIpc) is 3.03. The van der Waals surface area contributed by atoms with Gasteiger partial charge >= 0.3 is 0 Å². The highest BCUT2D eigenvalue weighted by molar-refractivity contribution is 5.78. The quantitative estimate of drug-likeness (QED) is 0.759. The SMILES string of the molecule is Cn1c(CN2CCC(C(=O)NCc3ccccc3)CC2)nc2ccccc21. The van der Waals surface area contributed by atoms with Crippen LogP contribution in [0.25, 0.3) is 11.0 Å². The lowest BCUT2D eigenvalue weighted by atomic mass is 9.96. The number of aromatic nitrogens is 2. The number of aryl methyl sites for hydroxylation is 1. The van der Waals surface area contributed by atoms with E-state index in [1.165, 1.54) is 5.52 Å². The lowest BCUT2D eigenvalue weighted by Gasteiger charge is -2.31. The van der Waals surface area contributed by atoms with Crippen LogP contribution < -0.4 is 5.32 Å². The molecule has 2 aromatic carbocycles. The van der Waals surface area contributed by atoms with Gasteiger partial charge in [0.2, 0.25) is 5.91 Å². The predicted molar refractivity (Wildman–Crippen MR) is 107 cm³/mol. The molecule has 2 heterocycles. The molecule has 1 aromatic heterocycles. The minimum absolute atomic E-state index is 0.116. The number of hydrogen-bond donors (Lipinski definition) is 1. The van der Waals surface area contributed by atoms with E-state index in [1.54, 1.807) is 0 Å². The monoisotopic (exact) mass is 362 g/mol. The summed E-state index contributed by atoms with van der Waals surface area (Å²) in [7, 11) is 2.08. The highest BCUT2D eigenvalue weighted by Gasteiger charge is 2.25. The average molecular weight is 362 g/mol. The van der Waals surface area contributed by atoms with E-state index in [2.05, 4.69) is 34.0 Å². The molecule has 1 N–H and O–H groups in total. The van der Waals surface area contributed by atoms with Gasteiger partial charge in [-0.3, -0.25) is 9.69 Å². The van der Waals surface area contributed by atoms with Gasteiger partial charge in [-0.15, -0.1) is 0 Å². The Hall–Kier alpha value is -2.66. The second-order valence-corrected chi connectivity index (χ2v) is 7.33. The number of imidazole rings is 1. The third-order valence-electron chi connectivity index (χ3n) is 5.51. The number of benzene rings is 2. The molecule has 0 bridgehead atoms. The minimum Gasteiger partial charge on any atom is -0.352 e. The maximum Gasteiger partial charge on any atom is 0.223 e. The highest BCUT2D eigenvalue weighted by atomic mass is 16.1. The van der Waals surface area contributed by atoms with Crippen LogP contribution in [0.2, 0.25) is 0 Å². The van der Waals surface area contributed by atoms with Crippen molar-refractivity contribution in [2.75, 3.05) is 13.1 Å². The lowest BCUT2D eigenvalue weighted by Crippen LogP contribution is -2.40. The van der Waals surface area contributed by atoms with Crippen molar-refractivity contribution in [2.45, 2.75) is 25.9 Å². The van der Waals surface area contributed by atoms with Crippen LogP contribution in [0, 0.1) is 5.92 Å². The summed E-state index contributed by atoms with van der Waals surface area (Å²) in [5.74, 6) is 1.38. The fraction of sp³-hybridized carbons (Fsp3) is 0.364. The first-order valence-electron chi connectivity index (χ1n) is 9.65. The van der Waals surface area contributed by atoms with E-state index in [1.807, 2.05) is 42.5 Å². The smallest absolute Gasteiger partial charge is 0.223 e. The van der Waals surface area contributed by atoms with Gasteiger partial charge in [-0.2, -0.15) is 0 Å². The van der Waals surface area contributed by atoms with Gasteiger partial charge in [0.1, 0.15) is 5.82 Å². The standard InChI is InChI=1S/C22H26N4O/c1-25-20-10-6-5-9-19(20)24-21(25)16-26-13-11-18(12-14-26)22(27)23-15-17-7-3-2-4-8-17/h2-10,18H,11-16H2,1H3,(H,23,27). The summed E-state index contributed by atoms with van der Waals surface area (Å²) in [6.45, 7) is 3.32. The molecule has 0 aliphatic carbocycles. The molecular weight excluding hydrogens is 336 g/mol. The van der Waals surface area contributed by atoms with Crippen LogP contribution in [0.3, 0.4) is 0 Å². The van der Waals surface area contributed by atoms with Crippen LogP contribution in [-0.4, -0.2) is 33.4 Å². The number of para-hydroxylation sites is 2. The van der Waals surface area contributed by atoms with Crippen molar-refractivity contribution < 1.29 is 4.79 Å². The molecule has 0 spiro atoms. The van der Waals surface area contributed by atoms with Gasteiger partial charge in [-0.1, -0.05) is 42.5 Å². The Morgan fingerprint density at radius 3 is 2.52 bits per heavy atom. The van der Waals surface area contributed by atoms with Gasteiger partial charge in [0.05, 0.1) is 17.6 Å². The molecule has 0 unspecified atom stereocenters. The Kier molecular flexibility index (Phi) is 5.21. The van der Waals surface area contributed by atoms with Gasteiger partial charge in [-0.05, 0) is 43.6 Å². The van der Waals surface area contributed by atoms with Crippen molar-refractivity contribution >= 4 is 16.9 Å². The summed E-state index contributed by atoms with van der Waals surface area (Å²) in [4.78, 5) is 19.6. The topological polar surface area (TPSA) is 50.2 Å². The number of nitrogens with zero attached hydrogens (tertiary/aromatic N) is 3. The normalized spacial score (nSPS) is 15.9. The van der Waals surface area contributed by atoms with Gasteiger partial charge in [0, 0.05) is 19.5 Å². The number of nitrogens with one attached hydrogen (secondary N) is 1. The Bertz CT molecular complexity index is 910. The first-order valence-corrected chi connectivity index (χ1v) is 9.65. The highest BCUT2D eigenvalue weighted by Crippen LogP contribution is 2.21. The third-order valence-corrected chi connectivity index (χ3v) is 5.51. The van der Waals surface area contributed by atoms with Crippen LogP contribution in [0.4, 0.5) is 0 Å². The molecule has 0 radical (unpaired) electrons. The number of fused-ring (bicyclic) bond motifs is 1. The number of carbonyl (C=O) groups excluding carboxylic acids is 1. The van der Waals surface area contributed by atoms with Crippen molar-refractivity contribution in [1.29, 1.82) is 0 Å². The molecule has 0 saturated carbocycles. The molecule has 1 aliphatic heterocycles. The fourth-order valence-corrected chi connectivity index (χ4v) is 3.82. The summed E-state index contributed by atoms with van der Waals surface area (Å²) >= 11 is 0. The molecule has 3 aromatic rings. The maximum atomic E-state index is 12.5. The van der Waals surface area contributed by atoms with Crippen molar-refractivity contribution in [3.63, 3.8) is 0 Å². The molecule has 5 heteroatoms. The van der Waals surface area contributed by atoms with Crippen LogP contribution in [0.1, 0.15) is 24.2 Å². The first kappa shape index (κ1) is 17.7. The largest absolute Gasteiger partial charge is 0.352 e. The molecule has 140 valence electrons. The van der Waals surface area contributed by atoms with E-state index in [0.29, 0.717) is 6.54 Å². The van der Waals surface area contributed by atoms with Crippen molar-refractivity contribution in [1.82, 2.24) is 19.8 Å². The van der Waals surface area contributed by atoms with Crippen LogP contribution in [0.5, 0.6) is 0 Å². The van der Waals surface area contributed by atoms with Crippen LogP contribution in [-0.2, 0) is 24.9 Å². The summed E-state index contributed by atoms with van der Waals surface area (Å²) in [5.41, 5.74) is 3.36. The van der Waals surface area contributed by atoms with E-state index in [9.17, 15) is 4.79 Å². The molecule has 1 amide bonds. The van der Waals surface area contributed by atoms with Gasteiger partial charge in [0.25, 0.3) is 0 Å². The van der Waals surface area contributed by atoms with Crippen molar-refractivity contribution in [3.05, 3.63) is 66.0 Å². The molecule has 4 rings (SSSR count). The first-order chi connectivity index (χ1) is 13.2. The zero-order chi connectivity index (χ0) is 18.6. The number of rotatable bonds is 5. The Morgan fingerprint density at radius 2 is 1.78 bits per heavy atom. The molecule has 5 nitrogen and oxygen atoms in total. The summed E-state index contributed by atoms with van der Waals surface area (Å²) in [6.07, 6.45) is 1.81. The van der Waals surface area contributed by atoms with Crippen LogP contribution >= 0.6 is 0 Å². The number of amides is 1. The van der Waals surface area contributed by atoms with Gasteiger partial charge in [0.15, 0.2) is 0 Å². The molecular formula is C22H26N4O. The molecule has 1 saturated heterocycles. The maximum absolute atomic E-state index is 12.5. The summed E-state index contributed by atoms with van der Waals surface area (Å²) < 4.78 is 2.17. The third kappa shape index (κ3) is 4.03. The zero-order valence-corrected chi connectivity index (χ0v) is 15.8. The van der Waals surface area contributed by atoms with E-state index in [0.717, 1.165) is 49.4 Å². The zero-order valence-electron chi connectivity index (χ0n) is 15.8. The molecule has 1 fully saturated rings. The van der Waals surface area contributed by atoms with Crippen molar-refractivity contribution in [2.24, 2.45) is 13.0 Å². The summed E-state index contributed by atoms with van der Waals surface area (Å²) in [5, 5.41) is 3.09. The number of likely N-dealkylation sites (tertiary alicyclic amines) is 1. The number of carbonyl (C=O) groups is 1. The second kappa shape index (κ2) is 7.92. The fourth-order valence-electron chi connectivity index (χ4n) is 3.82. The molecule has 0 atom stereocenters. The number of piperidine rings is 1. The predicted octanol–water partition coefficient (Wildman–Crippen LogP) is 3.10. The van der Waals surface area contributed by atoms with Gasteiger partial charge in [-0.25, -0.2) is 4.98 Å². The Morgan fingerprint density at radius 1 is 1.07 bits per heavy atom. The molecule has 27 heavy (non-hydrogen) atoms. The molecule has 1 aliphatic rings. The summed E-state index contributed by atoms with van der Waals surface area (Å²) in [6, 6.07) is 18.3. The van der Waals surface area contributed by atoms with E-state index >= 15 is 0 Å². The Balaban J connectivity index is 1.29. The second-order valence-electron chi connectivity index (χ2n) is 7.33.